The fourth-order valence-electron chi connectivity index (χ4n) is 2.33. The molecule has 0 aromatic carbocycles. The number of aromatic nitrogens is 3. The van der Waals surface area contributed by atoms with Gasteiger partial charge < -0.3 is 5.73 Å². The molecule has 0 spiro atoms. The Morgan fingerprint density at radius 1 is 1.43 bits per heavy atom. The molecule has 0 saturated heterocycles. The predicted molar refractivity (Wildman–Crippen MR) is 54.8 cm³/mol. The van der Waals surface area contributed by atoms with E-state index in [0.29, 0.717) is 12.5 Å². The summed E-state index contributed by atoms with van der Waals surface area (Å²) in [6, 6.07) is 0. The third kappa shape index (κ3) is 1.54. The summed E-state index contributed by atoms with van der Waals surface area (Å²) in [5.74, 6) is 0.619. The number of nitrogens with zero attached hydrogens (tertiary/aromatic N) is 3. The lowest BCUT2D eigenvalue weighted by Gasteiger charge is -2.08. The second-order valence-corrected chi connectivity index (χ2v) is 3.92. The zero-order valence-corrected chi connectivity index (χ0v) is 8.74. The first-order valence-corrected chi connectivity index (χ1v) is 5.49. The molecule has 1 heterocycles. The number of hydrogen-bond donors (Lipinski definition) is 1. The van der Waals surface area contributed by atoms with Gasteiger partial charge in [-0.2, -0.15) is 0 Å². The number of aryl methyl sites for hydroxylation is 1. The van der Waals surface area contributed by atoms with Gasteiger partial charge in [-0.15, -0.1) is 5.10 Å². The van der Waals surface area contributed by atoms with Crippen LogP contribution in [0.2, 0.25) is 0 Å². The maximum atomic E-state index is 5.74. The summed E-state index contributed by atoms with van der Waals surface area (Å²) >= 11 is 0. The summed E-state index contributed by atoms with van der Waals surface area (Å²) in [6.45, 7) is 3.51. The minimum absolute atomic E-state index is 0.562. The zero-order chi connectivity index (χ0) is 9.97. The van der Waals surface area contributed by atoms with Crippen LogP contribution in [-0.2, 0) is 13.1 Å². The van der Waals surface area contributed by atoms with Crippen LogP contribution in [0.15, 0.2) is 0 Å². The van der Waals surface area contributed by atoms with Crippen molar-refractivity contribution in [2.75, 3.05) is 0 Å². The maximum absolute atomic E-state index is 5.74. The van der Waals surface area contributed by atoms with E-state index in [1.807, 2.05) is 4.68 Å². The van der Waals surface area contributed by atoms with Crippen LogP contribution < -0.4 is 5.73 Å². The summed E-state index contributed by atoms with van der Waals surface area (Å²) in [5.41, 5.74) is 8.04. The van der Waals surface area contributed by atoms with Gasteiger partial charge in [-0.3, -0.25) is 0 Å². The van der Waals surface area contributed by atoms with Gasteiger partial charge in [-0.05, 0) is 19.8 Å². The number of hydrogen-bond acceptors (Lipinski definition) is 3. The average Bonchev–Trinajstić information content (AvgIpc) is 2.85. The van der Waals surface area contributed by atoms with Crippen LogP contribution in [0, 0.1) is 0 Å². The zero-order valence-electron chi connectivity index (χ0n) is 8.74. The molecule has 2 rings (SSSR count). The number of nitrogens with two attached hydrogens (primary N) is 1. The highest BCUT2D eigenvalue weighted by Crippen LogP contribution is 2.34. The van der Waals surface area contributed by atoms with E-state index in [2.05, 4.69) is 17.2 Å². The van der Waals surface area contributed by atoms with Crippen molar-refractivity contribution in [1.82, 2.24) is 15.0 Å². The maximum Gasteiger partial charge on any atom is 0.0903 e. The summed E-state index contributed by atoms with van der Waals surface area (Å²) < 4.78 is 1.92. The van der Waals surface area contributed by atoms with Gasteiger partial charge in [0.25, 0.3) is 0 Å². The molecule has 1 saturated carbocycles. The smallest absolute Gasteiger partial charge is 0.0903 e. The van der Waals surface area contributed by atoms with Crippen molar-refractivity contribution in [3.05, 3.63) is 11.4 Å². The van der Waals surface area contributed by atoms with Gasteiger partial charge >= 0.3 is 0 Å². The van der Waals surface area contributed by atoms with E-state index in [-0.39, 0.29) is 0 Å². The van der Waals surface area contributed by atoms with E-state index in [1.165, 1.54) is 25.7 Å². The van der Waals surface area contributed by atoms with Crippen molar-refractivity contribution in [2.45, 2.75) is 51.6 Å². The standard InChI is InChI=1S/C10H18N4/c1-2-14-9(7-11)10(12-13-14)8-5-3-4-6-8/h8H,2-7,11H2,1H3. The topological polar surface area (TPSA) is 56.7 Å². The van der Waals surface area contributed by atoms with E-state index >= 15 is 0 Å². The molecule has 4 heteroatoms. The molecule has 1 aromatic rings. The highest BCUT2D eigenvalue weighted by Gasteiger charge is 2.23. The van der Waals surface area contributed by atoms with Gasteiger partial charge in [0.05, 0.1) is 11.4 Å². The van der Waals surface area contributed by atoms with Crippen LogP contribution in [0.3, 0.4) is 0 Å². The first kappa shape index (κ1) is 9.65. The van der Waals surface area contributed by atoms with Crippen molar-refractivity contribution < 1.29 is 0 Å². The molecule has 0 aliphatic heterocycles. The molecule has 0 unspecified atom stereocenters. The average molecular weight is 194 g/mol. The fourth-order valence-corrected chi connectivity index (χ4v) is 2.33. The Bertz CT molecular complexity index is 299. The molecule has 1 aromatic heterocycles. The minimum Gasteiger partial charge on any atom is -0.325 e. The number of rotatable bonds is 3. The van der Waals surface area contributed by atoms with Crippen molar-refractivity contribution in [3.8, 4) is 0 Å². The Kier molecular flexibility index (Phi) is 2.82. The largest absolute Gasteiger partial charge is 0.325 e. The van der Waals surface area contributed by atoms with Crippen LogP contribution in [0.5, 0.6) is 0 Å². The fraction of sp³-hybridized carbons (Fsp3) is 0.800. The van der Waals surface area contributed by atoms with E-state index in [0.717, 1.165) is 17.9 Å². The first-order valence-electron chi connectivity index (χ1n) is 5.49. The highest BCUT2D eigenvalue weighted by molar-refractivity contribution is 5.16. The first-order chi connectivity index (χ1) is 6.86. The molecule has 4 nitrogen and oxygen atoms in total. The third-order valence-electron chi connectivity index (χ3n) is 3.10. The molecule has 1 aliphatic rings. The van der Waals surface area contributed by atoms with Gasteiger partial charge in [0, 0.05) is 19.0 Å². The Morgan fingerprint density at radius 3 is 2.71 bits per heavy atom. The molecule has 0 amide bonds. The lowest BCUT2D eigenvalue weighted by molar-refractivity contribution is 0.598. The molecule has 14 heavy (non-hydrogen) atoms. The van der Waals surface area contributed by atoms with E-state index < -0.39 is 0 Å². The van der Waals surface area contributed by atoms with Crippen molar-refractivity contribution in [3.63, 3.8) is 0 Å². The third-order valence-corrected chi connectivity index (χ3v) is 3.10. The highest BCUT2D eigenvalue weighted by atomic mass is 15.4. The van der Waals surface area contributed by atoms with Crippen LogP contribution in [0.1, 0.15) is 49.9 Å². The lowest BCUT2D eigenvalue weighted by Crippen LogP contribution is -2.10. The monoisotopic (exact) mass is 194 g/mol. The molecule has 2 N–H and O–H groups in total. The van der Waals surface area contributed by atoms with Crippen molar-refractivity contribution in [2.24, 2.45) is 5.73 Å². The lowest BCUT2D eigenvalue weighted by atomic mass is 10.0. The molecule has 78 valence electrons. The van der Waals surface area contributed by atoms with Gasteiger partial charge in [0.2, 0.25) is 0 Å². The molecule has 1 fully saturated rings. The molecule has 1 aliphatic carbocycles. The molecular formula is C10H18N4. The summed E-state index contributed by atoms with van der Waals surface area (Å²) in [5, 5.41) is 8.41. The van der Waals surface area contributed by atoms with Crippen LogP contribution in [0.25, 0.3) is 0 Å². The van der Waals surface area contributed by atoms with Gasteiger partial charge in [0.15, 0.2) is 0 Å². The van der Waals surface area contributed by atoms with Crippen LogP contribution >= 0.6 is 0 Å². The Morgan fingerprint density at radius 2 is 2.14 bits per heavy atom. The van der Waals surface area contributed by atoms with E-state index in [1.54, 1.807) is 0 Å². The quantitative estimate of drug-likeness (QED) is 0.791. The molecule has 0 atom stereocenters. The van der Waals surface area contributed by atoms with Crippen LogP contribution in [0.4, 0.5) is 0 Å². The van der Waals surface area contributed by atoms with E-state index in [9.17, 15) is 0 Å². The van der Waals surface area contributed by atoms with E-state index in [4.69, 9.17) is 5.73 Å². The minimum atomic E-state index is 0.562. The summed E-state index contributed by atoms with van der Waals surface area (Å²) in [4.78, 5) is 0. The molecular weight excluding hydrogens is 176 g/mol. The van der Waals surface area contributed by atoms with Crippen molar-refractivity contribution in [1.29, 1.82) is 0 Å². The molecule has 0 bridgehead atoms. The van der Waals surface area contributed by atoms with Crippen molar-refractivity contribution >= 4 is 0 Å². The Balaban J connectivity index is 2.27. The predicted octanol–water partition coefficient (Wildman–Crippen LogP) is 1.41. The second-order valence-electron chi connectivity index (χ2n) is 3.92. The SMILES string of the molecule is CCn1nnc(C2CCCC2)c1CN. The Labute approximate surface area is 84.5 Å². The van der Waals surface area contributed by atoms with Crippen LogP contribution in [-0.4, -0.2) is 15.0 Å². The molecule has 0 radical (unpaired) electrons. The summed E-state index contributed by atoms with van der Waals surface area (Å²) in [7, 11) is 0. The Hall–Kier alpha value is -0.900. The van der Waals surface area contributed by atoms with Gasteiger partial charge in [-0.1, -0.05) is 18.1 Å². The van der Waals surface area contributed by atoms with Gasteiger partial charge in [0.1, 0.15) is 0 Å². The summed E-state index contributed by atoms with van der Waals surface area (Å²) in [6.07, 6.45) is 5.17. The normalized spacial score (nSPS) is 17.9. The van der Waals surface area contributed by atoms with Gasteiger partial charge in [-0.25, -0.2) is 4.68 Å². The second kappa shape index (κ2) is 4.09.